The van der Waals surface area contributed by atoms with Crippen molar-refractivity contribution < 1.29 is 14.0 Å². The number of nitrogens with zero attached hydrogens (tertiary/aromatic N) is 3. The molecule has 1 saturated heterocycles. The summed E-state index contributed by atoms with van der Waals surface area (Å²) in [5.74, 6) is -0.0233. The van der Waals surface area contributed by atoms with Gasteiger partial charge in [0.1, 0.15) is 10.8 Å². The molecule has 1 fully saturated rings. The molecular weight excluding hydrogens is 405 g/mol. The predicted molar refractivity (Wildman–Crippen MR) is 115 cm³/mol. The van der Waals surface area contributed by atoms with E-state index in [1.807, 2.05) is 0 Å². The Morgan fingerprint density at radius 1 is 1.27 bits per heavy atom. The van der Waals surface area contributed by atoms with Gasteiger partial charge in [0.05, 0.1) is 0 Å². The maximum atomic E-state index is 12.9. The van der Waals surface area contributed by atoms with Gasteiger partial charge in [-0.2, -0.15) is 0 Å². The number of likely N-dealkylation sites (tertiary alicyclic amines) is 1. The van der Waals surface area contributed by atoms with Gasteiger partial charge in [-0.05, 0) is 62.5 Å². The third-order valence-corrected chi connectivity index (χ3v) is 6.03. The lowest BCUT2D eigenvalue weighted by atomic mass is 10.0. The molecule has 9 heteroatoms. The highest BCUT2D eigenvalue weighted by molar-refractivity contribution is 7.13. The largest absolute Gasteiger partial charge is 0.356 e. The highest BCUT2D eigenvalue weighted by Gasteiger charge is 2.16. The van der Waals surface area contributed by atoms with Gasteiger partial charge in [-0.3, -0.25) is 9.59 Å². The molecule has 30 heavy (non-hydrogen) atoms. The second kappa shape index (κ2) is 11.1. The van der Waals surface area contributed by atoms with Crippen LogP contribution in [0.4, 0.5) is 10.1 Å². The molecule has 2 heterocycles. The Bertz CT molecular complexity index is 842. The number of aromatic nitrogens is 2. The Morgan fingerprint density at radius 2 is 2.07 bits per heavy atom. The highest BCUT2D eigenvalue weighted by atomic mass is 32.1. The topological polar surface area (TPSA) is 87.2 Å². The van der Waals surface area contributed by atoms with Crippen LogP contribution in [0, 0.1) is 11.7 Å². The zero-order chi connectivity index (χ0) is 21.3. The first-order chi connectivity index (χ1) is 14.5. The molecule has 0 unspecified atom stereocenters. The fourth-order valence-electron chi connectivity index (χ4n) is 3.49. The molecule has 0 radical (unpaired) electrons. The van der Waals surface area contributed by atoms with Crippen LogP contribution in [0.5, 0.6) is 0 Å². The van der Waals surface area contributed by atoms with Gasteiger partial charge in [-0.15, -0.1) is 10.2 Å². The van der Waals surface area contributed by atoms with E-state index >= 15 is 0 Å². The average molecular weight is 434 g/mol. The SMILES string of the molecule is C[C@@H]1CCCN(CCCNC(=O)CCc2nnc(C(=O)Nc3ccc(F)cc3)s2)C1. The maximum Gasteiger partial charge on any atom is 0.286 e. The van der Waals surface area contributed by atoms with Crippen molar-refractivity contribution in [1.29, 1.82) is 0 Å². The third-order valence-electron chi connectivity index (χ3n) is 5.04. The molecule has 3 rings (SSSR count). The molecule has 2 amide bonds. The van der Waals surface area contributed by atoms with E-state index in [9.17, 15) is 14.0 Å². The van der Waals surface area contributed by atoms with E-state index in [1.165, 1.54) is 37.1 Å². The van der Waals surface area contributed by atoms with Crippen molar-refractivity contribution >= 4 is 28.8 Å². The number of carbonyl (C=O) groups is 2. The minimum atomic E-state index is -0.401. The van der Waals surface area contributed by atoms with E-state index < -0.39 is 5.91 Å². The molecule has 162 valence electrons. The molecule has 2 aromatic rings. The van der Waals surface area contributed by atoms with Gasteiger partial charge in [0.25, 0.3) is 5.91 Å². The van der Waals surface area contributed by atoms with Gasteiger partial charge in [-0.25, -0.2) is 4.39 Å². The first-order valence-corrected chi connectivity index (χ1v) is 11.2. The van der Waals surface area contributed by atoms with Crippen LogP contribution in [-0.4, -0.2) is 53.1 Å². The third kappa shape index (κ3) is 7.14. The van der Waals surface area contributed by atoms with Crippen molar-refractivity contribution in [3.05, 3.63) is 40.1 Å². The molecular formula is C21H28FN5O2S. The van der Waals surface area contributed by atoms with E-state index in [1.54, 1.807) is 0 Å². The molecule has 1 atom stereocenters. The van der Waals surface area contributed by atoms with Crippen molar-refractivity contribution in [1.82, 2.24) is 20.4 Å². The quantitative estimate of drug-likeness (QED) is 0.594. The van der Waals surface area contributed by atoms with Crippen LogP contribution in [-0.2, 0) is 11.2 Å². The predicted octanol–water partition coefficient (Wildman–Crippen LogP) is 3.10. The zero-order valence-electron chi connectivity index (χ0n) is 17.2. The van der Waals surface area contributed by atoms with Gasteiger partial charge < -0.3 is 15.5 Å². The smallest absolute Gasteiger partial charge is 0.286 e. The number of hydrogen-bond acceptors (Lipinski definition) is 6. The summed E-state index contributed by atoms with van der Waals surface area (Å²) in [4.78, 5) is 26.7. The number of piperidine rings is 1. The molecule has 1 aliphatic rings. The average Bonchev–Trinajstić information content (AvgIpc) is 3.21. The summed E-state index contributed by atoms with van der Waals surface area (Å²) in [5.41, 5.74) is 0.483. The molecule has 2 N–H and O–H groups in total. The van der Waals surface area contributed by atoms with E-state index in [2.05, 4.69) is 32.7 Å². The number of nitrogens with one attached hydrogen (secondary N) is 2. The molecule has 0 saturated carbocycles. The fourth-order valence-corrected chi connectivity index (χ4v) is 4.23. The molecule has 7 nitrogen and oxygen atoms in total. The number of aryl methyl sites for hydroxylation is 1. The number of halogens is 1. The number of hydrogen-bond donors (Lipinski definition) is 2. The Hall–Kier alpha value is -2.39. The van der Waals surface area contributed by atoms with Gasteiger partial charge in [0.15, 0.2) is 0 Å². The molecule has 1 aliphatic heterocycles. The number of benzene rings is 1. The van der Waals surface area contributed by atoms with E-state index in [4.69, 9.17) is 0 Å². The van der Waals surface area contributed by atoms with Crippen molar-refractivity contribution in [3.63, 3.8) is 0 Å². The molecule has 0 spiro atoms. The minimum Gasteiger partial charge on any atom is -0.356 e. The van der Waals surface area contributed by atoms with Crippen molar-refractivity contribution in [2.24, 2.45) is 5.92 Å². The summed E-state index contributed by atoms with van der Waals surface area (Å²) in [7, 11) is 0. The molecule has 1 aromatic carbocycles. The molecule has 1 aromatic heterocycles. The van der Waals surface area contributed by atoms with E-state index in [0.29, 0.717) is 30.1 Å². The van der Waals surface area contributed by atoms with Crippen molar-refractivity contribution in [2.75, 3.05) is 31.5 Å². The van der Waals surface area contributed by atoms with Crippen LogP contribution in [0.15, 0.2) is 24.3 Å². The summed E-state index contributed by atoms with van der Waals surface area (Å²) in [6.45, 7) is 6.30. The second-order valence-electron chi connectivity index (χ2n) is 7.71. The Kier molecular flexibility index (Phi) is 8.27. The van der Waals surface area contributed by atoms with Crippen LogP contribution in [0.1, 0.15) is 47.4 Å². The summed E-state index contributed by atoms with van der Waals surface area (Å²) < 4.78 is 12.9. The van der Waals surface area contributed by atoms with Crippen LogP contribution in [0.25, 0.3) is 0 Å². The lowest BCUT2D eigenvalue weighted by Gasteiger charge is -2.30. The normalized spacial score (nSPS) is 16.9. The fraction of sp³-hybridized carbons (Fsp3) is 0.524. The first-order valence-electron chi connectivity index (χ1n) is 10.4. The second-order valence-corrected chi connectivity index (χ2v) is 8.78. The number of rotatable bonds is 9. The summed E-state index contributed by atoms with van der Waals surface area (Å²) >= 11 is 1.16. The van der Waals surface area contributed by atoms with Gasteiger partial charge in [0.2, 0.25) is 10.9 Å². The lowest BCUT2D eigenvalue weighted by molar-refractivity contribution is -0.121. The monoisotopic (exact) mass is 433 g/mol. The lowest BCUT2D eigenvalue weighted by Crippen LogP contribution is -2.36. The summed E-state index contributed by atoms with van der Waals surface area (Å²) in [6.07, 6.45) is 4.28. The van der Waals surface area contributed by atoms with Crippen molar-refractivity contribution in [3.8, 4) is 0 Å². The maximum absolute atomic E-state index is 12.9. The van der Waals surface area contributed by atoms with E-state index in [0.717, 1.165) is 43.3 Å². The van der Waals surface area contributed by atoms with Crippen LogP contribution < -0.4 is 10.6 Å². The number of carbonyl (C=O) groups excluding carboxylic acids is 2. The zero-order valence-corrected chi connectivity index (χ0v) is 18.0. The Balaban J connectivity index is 1.33. The number of anilines is 1. The first kappa shape index (κ1) is 22.3. The van der Waals surface area contributed by atoms with Crippen LogP contribution in [0.3, 0.4) is 0 Å². The van der Waals surface area contributed by atoms with Gasteiger partial charge >= 0.3 is 0 Å². The number of amides is 2. The van der Waals surface area contributed by atoms with Crippen molar-refractivity contribution in [2.45, 2.75) is 39.0 Å². The Morgan fingerprint density at radius 3 is 2.83 bits per heavy atom. The standard InChI is InChI=1S/C21H28FN5O2S/c1-15-4-2-12-27(14-15)13-3-11-23-18(28)9-10-19-25-26-21(30-19)20(29)24-17-7-5-16(22)6-8-17/h5-8,15H,2-4,9-14H2,1H3,(H,23,28)(H,24,29)/t15-/m1/s1. The molecule has 0 aliphatic carbocycles. The van der Waals surface area contributed by atoms with Gasteiger partial charge in [-0.1, -0.05) is 18.3 Å². The Labute approximate surface area is 180 Å². The van der Waals surface area contributed by atoms with Gasteiger partial charge in [0, 0.05) is 31.6 Å². The van der Waals surface area contributed by atoms with Crippen LogP contribution in [0.2, 0.25) is 0 Å². The molecule has 0 bridgehead atoms. The van der Waals surface area contributed by atoms with E-state index in [-0.39, 0.29) is 16.7 Å². The summed E-state index contributed by atoms with van der Waals surface area (Å²) in [6, 6.07) is 5.50. The summed E-state index contributed by atoms with van der Waals surface area (Å²) in [5, 5.41) is 14.3. The minimum absolute atomic E-state index is 0.0190. The van der Waals surface area contributed by atoms with Crippen LogP contribution >= 0.6 is 11.3 Å². The highest BCUT2D eigenvalue weighted by Crippen LogP contribution is 2.16.